The first-order chi connectivity index (χ1) is 12.1. The summed E-state index contributed by atoms with van der Waals surface area (Å²) in [4.78, 5) is 12.6. The van der Waals surface area contributed by atoms with Crippen molar-refractivity contribution >= 4 is 24.0 Å². The van der Waals surface area contributed by atoms with E-state index in [0.29, 0.717) is 11.5 Å². The third kappa shape index (κ3) is 4.41. The molecular formula is C20H25ClN2O3. The Bertz CT molecular complexity index is 780. The number of aryl methyl sites for hydroxylation is 1. The third-order valence-electron chi connectivity index (χ3n) is 4.66. The average molecular weight is 377 g/mol. The van der Waals surface area contributed by atoms with Crippen LogP contribution < -0.4 is 20.5 Å². The summed E-state index contributed by atoms with van der Waals surface area (Å²) >= 11 is 0. The quantitative estimate of drug-likeness (QED) is 0.784. The van der Waals surface area contributed by atoms with Gasteiger partial charge in [0.05, 0.1) is 26.7 Å². The lowest BCUT2D eigenvalue weighted by molar-refractivity contribution is -0.121. The van der Waals surface area contributed by atoms with E-state index in [2.05, 4.69) is 5.32 Å². The molecule has 0 aliphatic heterocycles. The van der Waals surface area contributed by atoms with Crippen molar-refractivity contribution in [2.45, 2.75) is 31.7 Å². The molecule has 1 aliphatic carbocycles. The van der Waals surface area contributed by atoms with Gasteiger partial charge in [-0.3, -0.25) is 4.79 Å². The summed E-state index contributed by atoms with van der Waals surface area (Å²) < 4.78 is 10.6. The maximum atomic E-state index is 12.6. The first-order valence-electron chi connectivity index (χ1n) is 8.49. The standard InChI is InChI=1S/C20H24N2O3.ClH/c1-24-16-7-9-19(25-2)14(11-16)12-20(23)22-18-5-3-4-13-10-15(21)6-8-17(13)18;/h6-11,18H,3-5,12,21H2,1-2H3,(H,22,23);1H. The van der Waals surface area contributed by atoms with Gasteiger partial charge < -0.3 is 20.5 Å². The minimum absolute atomic E-state index is 0. The normalized spacial score (nSPS) is 15.4. The second-order valence-electron chi connectivity index (χ2n) is 6.33. The van der Waals surface area contributed by atoms with Crippen LogP contribution in [0.3, 0.4) is 0 Å². The van der Waals surface area contributed by atoms with Crippen LogP contribution in [-0.2, 0) is 17.6 Å². The molecule has 0 bridgehead atoms. The Labute approximate surface area is 160 Å². The van der Waals surface area contributed by atoms with Crippen LogP contribution in [0.5, 0.6) is 11.5 Å². The molecule has 0 saturated heterocycles. The Kier molecular flexibility index (Phi) is 6.75. The molecule has 1 amide bonds. The second-order valence-corrected chi connectivity index (χ2v) is 6.33. The van der Waals surface area contributed by atoms with Crippen molar-refractivity contribution in [2.75, 3.05) is 20.0 Å². The smallest absolute Gasteiger partial charge is 0.225 e. The van der Waals surface area contributed by atoms with Gasteiger partial charge in [0.25, 0.3) is 0 Å². The molecule has 0 fully saturated rings. The number of nitrogen functional groups attached to an aromatic ring is 1. The summed E-state index contributed by atoms with van der Waals surface area (Å²) in [5.41, 5.74) is 9.86. The lowest BCUT2D eigenvalue weighted by Gasteiger charge is -2.27. The first-order valence-corrected chi connectivity index (χ1v) is 8.49. The van der Waals surface area contributed by atoms with Crippen LogP contribution in [0, 0.1) is 0 Å². The van der Waals surface area contributed by atoms with Gasteiger partial charge in [0.1, 0.15) is 11.5 Å². The summed E-state index contributed by atoms with van der Waals surface area (Å²) in [6.45, 7) is 0. The molecule has 26 heavy (non-hydrogen) atoms. The number of methoxy groups -OCH3 is 2. The number of hydrogen-bond acceptors (Lipinski definition) is 4. The molecule has 1 atom stereocenters. The summed E-state index contributed by atoms with van der Waals surface area (Å²) in [7, 11) is 3.21. The number of halogens is 1. The van der Waals surface area contributed by atoms with Crippen LogP contribution in [0.4, 0.5) is 5.69 Å². The van der Waals surface area contributed by atoms with Gasteiger partial charge in [-0.25, -0.2) is 0 Å². The van der Waals surface area contributed by atoms with Gasteiger partial charge in [0.2, 0.25) is 5.91 Å². The van der Waals surface area contributed by atoms with E-state index >= 15 is 0 Å². The van der Waals surface area contributed by atoms with Crippen LogP contribution in [0.2, 0.25) is 0 Å². The van der Waals surface area contributed by atoms with Gasteiger partial charge in [-0.1, -0.05) is 6.07 Å². The number of fused-ring (bicyclic) bond motifs is 1. The highest BCUT2D eigenvalue weighted by atomic mass is 35.5. The molecule has 1 unspecified atom stereocenters. The van der Waals surface area contributed by atoms with Gasteiger partial charge >= 0.3 is 0 Å². The molecule has 1 aliphatic rings. The van der Waals surface area contributed by atoms with E-state index in [1.807, 2.05) is 36.4 Å². The van der Waals surface area contributed by atoms with Gasteiger partial charge in [-0.2, -0.15) is 0 Å². The van der Waals surface area contributed by atoms with E-state index in [9.17, 15) is 4.79 Å². The van der Waals surface area contributed by atoms with Crippen molar-refractivity contribution in [3.63, 3.8) is 0 Å². The van der Waals surface area contributed by atoms with Crippen molar-refractivity contribution in [1.82, 2.24) is 5.32 Å². The fourth-order valence-electron chi connectivity index (χ4n) is 3.42. The molecule has 3 N–H and O–H groups in total. The van der Waals surface area contributed by atoms with E-state index in [0.717, 1.165) is 30.5 Å². The summed E-state index contributed by atoms with van der Waals surface area (Å²) in [5, 5.41) is 3.16. The number of nitrogens with one attached hydrogen (secondary N) is 1. The Morgan fingerprint density at radius 3 is 2.73 bits per heavy atom. The number of carbonyl (C=O) groups is 1. The zero-order valence-corrected chi connectivity index (χ0v) is 15.9. The fraction of sp³-hybridized carbons (Fsp3) is 0.350. The number of carbonyl (C=O) groups excluding carboxylic acids is 1. The minimum atomic E-state index is -0.0266. The average Bonchev–Trinajstić information content (AvgIpc) is 2.61. The van der Waals surface area contributed by atoms with E-state index in [4.69, 9.17) is 15.2 Å². The molecule has 140 valence electrons. The predicted octanol–water partition coefficient (Wildman–Crippen LogP) is 3.44. The molecule has 0 spiro atoms. The molecule has 0 aromatic heterocycles. The minimum Gasteiger partial charge on any atom is -0.497 e. The Morgan fingerprint density at radius 1 is 1.19 bits per heavy atom. The Morgan fingerprint density at radius 2 is 2.00 bits per heavy atom. The molecule has 0 heterocycles. The van der Waals surface area contributed by atoms with E-state index in [-0.39, 0.29) is 30.8 Å². The number of ether oxygens (including phenoxy) is 2. The van der Waals surface area contributed by atoms with Gasteiger partial charge in [0.15, 0.2) is 0 Å². The van der Waals surface area contributed by atoms with Crippen molar-refractivity contribution < 1.29 is 14.3 Å². The monoisotopic (exact) mass is 376 g/mol. The highest BCUT2D eigenvalue weighted by Crippen LogP contribution is 2.31. The van der Waals surface area contributed by atoms with Crippen molar-refractivity contribution in [3.05, 3.63) is 53.1 Å². The highest BCUT2D eigenvalue weighted by molar-refractivity contribution is 5.85. The molecule has 2 aromatic carbocycles. The van der Waals surface area contributed by atoms with E-state index in [1.165, 1.54) is 11.1 Å². The number of rotatable bonds is 5. The molecular weight excluding hydrogens is 352 g/mol. The zero-order valence-electron chi connectivity index (χ0n) is 15.1. The summed E-state index contributed by atoms with van der Waals surface area (Å²) in [6.07, 6.45) is 3.25. The first kappa shape index (κ1) is 19.9. The maximum Gasteiger partial charge on any atom is 0.225 e. The molecule has 3 rings (SSSR count). The van der Waals surface area contributed by atoms with Crippen LogP contribution in [0.1, 0.15) is 35.6 Å². The molecule has 5 nitrogen and oxygen atoms in total. The lowest BCUT2D eigenvalue weighted by atomic mass is 9.87. The Hall–Kier alpha value is -2.40. The van der Waals surface area contributed by atoms with Crippen LogP contribution in [-0.4, -0.2) is 20.1 Å². The third-order valence-corrected chi connectivity index (χ3v) is 4.66. The maximum absolute atomic E-state index is 12.6. The summed E-state index contributed by atoms with van der Waals surface area (Å²) in [5.74, 6) is 1.37. The van der Waals surface area contributed by atoms with Crippen molar-refractivity contribution in [1.29, 1.82) is 0 Å². The van der Waals surface area contributed by atoms with Crippen LogP contribution >= 0.6 is 12.4 Å². The molecule has 2 aromatic rings. The molecule has 0 saturated carbocycles. The van der Waals surface area contributed by atoms with Crippen LogP contribution in [0.25, 0.3) is 0 Å². The van der Waals surface area contributed by atoms with Gasteiger partial charge in [0, 0.05) is 11.3 Å². The largest absolute Gasteiger partial charge is 0.497 e. The van der Waals surface area contributed by atoms with E-state index in [1.54, 1.807) is 14.2 Å². The SMILES string of the molecule is COc1ccc(OC)c(CC(=O)NC2CCCc3cc(N)ccc32)c1.Cl. The number of nitrogens with two attached hydrogens (primary N) is 1. The number of benzene rings is 2. The lowest BCUT2D eigenvalue weighted by Crippen LogP contribution is -2.32. The van der Waals surface area contributed by atoms with Crippen LogP contribution in [0.15, 0.2) is 36.4 Å². The van der Waals surface area contributed by atoms with Gasteiger partial charge in [-0.15, -0.1) is 12.4 Å². The topological polar surface area (TPSA) is 73.6 Å². The number of anilines is 1. The second kappa shape index (κ2) is 8.81. The van der Waals surface area contributed by atoms with Gasteiger partial charge in [-0.05, 0) is 60.7 Å². The predicted molar refractivity (Wildman–Crippen MR) is 105 cm³/mol. The Balaban J connectivity index is 0.00000243. The summed E-state index contributed by atoms with van der Waals surface area (Å²) in [6, 6.07) is 11.5. The molecule has 0 radical (unpaired) electrons. The number of amides is 1. The number of hydrogen-bond donors (Lipinski definition) is 2. The zero-order chi connectivity index (χ0) is 17.8. The van der Waals surface area contributed by atoms with Crippen molar-refractivity contribution in [2.24, 2.45) is 0 Å². The molecule has 6 heteroatoms. The van der Waals surface area contributed by atoms with E-state index < -0.39 is 0 Å². The van der Waals surface area contributed by atoms with Crippen molar-refractivity contribution in [3.8, 4) is 11.5 Å². The highest BCUT2D eigenvalue weighted by Gasteiger charge is 2.22. The fourth-order valence-corrected chi connectivity index (χ4v) is 3.42.